The molecular weight excluding hydrogens is 270 g/mol. The Morgan fingerprint density at radius 3 is 2.65 bits per heavy atom. The largest absolute Gasteiger partial charge is 0.397 e. The van der Waals surface area contributed by atoms with Crippen LogP contribution in [0, 0.1) is 5.41 Å². The van der Waals surface area contributed by atoms with Gasteiger partial charge in [-0.25, -0.2) is 0 Å². The van der Waals surface area contributed by atoms with Crippen molar-refractivity contribution in [3.05, 3.63) is 18.2 Å². The molecule has 2 aliphatic rings. The summed E-state index contributed by atoms with van der Waals surface area (Å²) in [6, 6.07) is 6.10. The van der Waals surface area contributed by atoms with Crippen molar-refractivity contribution < 1.29 is 5.11 Å². The second kappa shape index (κ2) is 5.74. The van der Waals surface area contributed by atoms with Crippen LogP contribution in [-0.4, -0.2) is 30.6 Å². The second-order valence-corrected chi connectivity index (χ2v) is 6.84. The zero-order valence-corrected chi connectivity index (χ0v) is 12.6. The summed E-state index contributed by atoms with van der Waals surface area (Å²) in [5.41, 5.74) is 9.89. The fourth-order valence-electron chi connectivity index (χ4n) is 2.96. The zero-order chi connectivity index (χ0) is 14.0. The maximum atomic E-state index is 8.81. The molecule has 0 atom stereocenters. The molecule has 1 aromatic rings. The lowest BCUT2D eigenvalue weighted by molar-refractivity contribution is 0.322. The van der Waals surface area contributed by atoms with E-state index in [1.54, 1.807) is 0 Å². The molecule has 1 saturated heterocycles. The fraction of sp³-hybridized carbons (Fsp3) is 0.600. The van der Waals surface area contributed by atoms with Crippen molar-refractivity contribution in [2.75, 3.05) is 40.8 Å². The Bertz CT molecular complexity index is 466. The Labute approximate surface area is 124 Å². The van der Waals surface area contributed by atoms with Gasteiger partial charge in [-0.3, -0.25) is 0 Å². The molecule has 20 heavy (non-hydrogen) atoms. The minimum absolute atomic E-state index is 0.188. The second-order valence-electron chi connectivity index (χ2n) is 5.93. The van der Waals surface area contributed by atoms with Crippen molar-refractivity contribution in [2.45, 2.75) is 25.7 Å². The fourth-order valence-corrected chi connectivity index (χ4v) is 3.45. The molecule has 0 unspecified atom stereocenters. The van der Waals surface area contributed by atoms with Gasteiger partial charge in [0.2, 0.25) is 0 Å². The van der Waals surface area contributed by atoms with Crippen molar-refractivity contribution in [1.29, 1.82) is 0 Å². The number of benzene rings is 1. The Hall–Kier alpha value is -1.07. The Morgan fingerprint density at radius 1 is 1.25 bits per heavy atom. The number of anilines is 3. The predicted molar refractivity (Wildman–Crippen MR) is 87.1 cm³/mol. The number of aliphatic hydroxyl groups excluding tert-OH is 1. The van der Waals surface area contributed by atoms with Crippen molar-refractivity contribution in [3.63, 3.8) is 0 Å². The van der Waals surface area contributed by atoms with Crippen molar-refractivity contribution in [2.24, 2.45) is 5.41 Å². The topological polar surface area (TPSA) is 61.5 Å². The summed E-state index contributed by atoms with van der Waals surface area (Å²) in [5.74, 6) is 0.686. The maximum Gasteiger partial charge on any atom is 0.0620 e. The first-order valence-electron chi connectivity index (χ1n) is 7.36. The van der Waals surface area contributed by atoms with Crippen LogP contribution in [0.4, 0.5) is 17.1 Å². The van der Waals surface area contributed by atoms with E-state index in [0.29, 0.717) is 11.2 Å². The van der Waals surface area contributed by atoms with Crippen molar-refractivity contribution >= 4 is 29.0 Å². The first-order chi connectivity index (χ1) is 9.72. The molecule has 0 aromatic heterocycles. The number of nitrogen functional groups attached to an aromatic ring is 1. The van der Waals surface area contributed by atoms with Crippen molar-refractivity contribution in [3.8, 4) is 0 Å². The summed E-state index contributed by atoms with van der Waals surface area (Å²) in [4.78, 5) is 2.42. The van der Waals surface area contributed by atoms with Gasteiger partial charge in [0.05, 0.1) is 18.0 Å². The lowest BCUT2D eigenvalue weighted by Gasteiger charge is -2.34. The number of nitrogens with two attached hydrogens (primary N) is 1. The number of aliphatic hydroxyl groups is 1. The molecule has 1 spiro atoms. The number of rotatable bonds is 5. The van der Waals surface area contributed by atoms with Gasteiger partial charge in [-0.05, 0) is 49.3 Å². The average Bonchev–Trinajstić information content (AvgIpc) is 3.22. The summed E-state index contributed by atoms with van der Waals surface area (Å²) in [5, 5.41) is 8.81. The van der Waals surface area contributed by atoms with E-state index >= 15 is 0 Å². The molecule has 1 aliphatic heterocycles. The van der Waals surface area contributed by atoms with Gasteiger partial charge in [0.1, 0.15) is 0 Å². The van der Waals surface area contributed by atoms with Gasteiger partial charge in [0, 0.05) is 24.5 Å². The van der Waals surface area contributed by atoms with Gasteiger partial charge < -0.3 is 20.5 Å². The van der Waals surface area contributed by atoms with E-state index in [0.717, 1.165) is 30.2 Å². The highest BCUT2D eigenvalue weighted by atomic mass is 32.2. The van der Waals surface area contributed by atoms with Crippen LogP contribution >= 0.6 is 11.9 Å². The van der Waals surface area contributed by atoms with Crippen LogP contribution in [0.5, 0.6) is 0 Å². The highest BCUT2D eigenvalue weighted by Crippen LogP contribution is 2.54. The third kappa shape index (κ3) is 2.99. The quantitative estimate of drug-likeness (QED) is 0.443. The van der Waals surface area contributed by atoms with Crippen LogP contribution < -0.4 is 15.4 Å². The van der Waals surface area contributed by atoms with Crippen LogP contribution in [0.3, 0.4) is 0 Å². The van der Waals surface area contributed by atoms with Gasteiger partial charge >= 0.3 is 0 Å². The van der Waals surface area contributed by atoms with E-state index in [4.69, 9.17) is 10.8 Å². The monoisotopic (exact) mass is 293 g/mol. The molecule has 5 heteroatoms. The molecular formula is C15H23N3OS. The van der Waals surface area contributed by atoms with Crippen LogP contribution in [0.25, 0.3) is 0 Å². The Balaban J connectivity index is 1.66. The number of piperidine rings is 1. The number of hydrogen-bond acceptors (Lipinski definition) is 5. The highest BCUT2D eigenvalue weighted by molar-refractivity contribution is 8.00. The Kier molecular flexibility index (Phi) is 3.98. The smallest absolute Gasteiger partial charge is 0.0620 e. The summed E-state index contributed by atoms with van der Waals surface area (Å²) in [7, 11) is 0. The predicted octanol–water partition coefficient (Wildman–Crippen LogP) is 2.70. The summed E-state index contributed by atoms with van der Waals surface area (Å²) in [6.07, 6.45) is 5.47. The van der Waals surface area contributed by atoms with E-state index in [1.807, 2.05) is 12.1 Å². The third-order valence-electron chi connectivity index (χ3n) is 4.54. The van der Waals surface area contributed by atoms with Crippen LogP contribution in [0.1, 0.15) is 25.7 Å². The summed E-state index contributed by atoms with van der Waals surface area (Å²) >= 11 is 1.52. The molecule has 4 nitrogen and oxygen atoms in total. The van der Waals surface area contributed by atoms with Gasteiger partial charge in [0.25, 0.3) is 0 Å². The lowest BCUT2D eigenvalue weighted by atomic mass is 9.93. The van der Waals surface area contributed by atoms with E-state index in [2.05, 4.69) is 15.7 Å². The first kappa shape index (κ1) is 13.9. The summed E-state index contributed by atoms with van der Waals surface area (Å²) < 4.78 is 3.26. The molecule has 2 fully saturated rings. The lowest BCUT2D eigenvalue weighted by Crippen LogP contribution is -2.34. The highest BCUT2D eigenvalue weighted by Gasteiger charge is 2.44. The minimum atomic E-state index is 0.188. The molecule has 1 aromatic carbocycles. The van der Waals surface area contributed by atoms with Gasteiger partial charge in [-0.1, -0.05) is 11.9 Å². The average molecular weight is 293 g/mol. The normalized spacial score (nSPS) is 20.1. The van der Waals surface area contributed by atoms with E-state index in [9.17, 15) is 0 Å². The SMILES string of the molecule is Nc1ccc(NSCCO)cc1N1CCC2(CC1)CC2. The zero-order valence-electron chi connectivity index (χ0n) is 11.8. The molecule has 1 aliphatic carbocycles. The van der Waals surface area contributed by atoms with Crippen LogP contribution in [0.15, 0.2) is 18.2 Å². The minimum Gasteiger partial charge on any atom is -0.397 e. The molecule has 0 bridgehead atoms. The molecule has 110 valence electrons. The summed E-state index contributed by atoms with van der Waals surface area (Å²) in [6.45, 7) is 2.43. The molecule has 4 N–H and O–H groups in total. The first-order valence-corrected chi connectivity index (χ1v) is 8.34. The number of nitrogens with one attached hydrogen (secondary N) is 1. The van der Waals surface area contributed by atoms with Gasteiger partial charge in [0.15, 0.2) is 0 Å². The number of nitrogens with zero attached hydrogens (tertiary/aromatic N) is 1. The third-order valence-corrected chi connectivity index (χ3v) is 5.30. The van der Waals surface area contributed by atoms with E-state index < -0.39 is 0 Å². The maximum absolute atomic E-state index is 8.81. The van der Waals surface area contributed by atoms with Crippen molar-refractivity contribution in [1.82, 2.24) is 0 Å². The van der Waals surface area contributed by atoms with Gasteiger partial charge in [-0.2, -0.15) is 0 Å². The van der Waals surface area contributed by atoms with Gasteiger partial charge in [-0.15, -0.1) is 0 Å². The van der Waals surface area contributed by atoms with Crippen LogP contribution in [0.2, 0.25) is 0 Å². The number of hydrogen-bond donors (Lipinski definition) is 3. The van der Waals surface area contributed by atoms with E-state index in [1.165, 1.54) is 37.6 Å². The standard InChI is InChI=1S/C15H23N3OS/c16-13-2-1-12(17-20-10-9-19)11-14(13)18-7-5-15(3-4-15)6-8-18/h1-2,11,17,19H,3-10,16H2. The van der Waals surface area contributed by atoms with E-state index in [-0.39, 0.29) is 6.61 Å². The molecule has 0 amide bonds. The Morgan fingerprint density at radius 2 is 2.00 bits per heavy atom. The molecule has 1 saturated carbocycles. The molecule has 3 rings (SSSR count). The molecule has 1 heterocycles. The van der Waals surface area contributed by atoms with Crippen LogP contribution in [-0.2, 0) is 0 Å². The molecule has 0 radical (unpaired) electrons.